The van der Waals surface area contributed by atoms with Gasteiger partial charge in [0.05, 0.1) is 24.3 Å². The molecule has 0 N–H and O–H groups in total. The minimum absolute atomic E-state index is 0.163. The Morgan fingerprint density at radius 2 is 1.75 bits per heavy atom. The highest BCUT2D eigenvalue weighted by atomic mass is 32.2. The molecule has 148 valence electrons. The molecule has 6 heteroatoms. The molecule has 0 saturated heterocycles. The van der Waals surface area contributed by atoms with Gasteiger partial charge >= 0.3 is 0 Å². The number of ether oxygens (including phenoxy) is 1. The summed E-state index contributed by atoms with van der Waals surface area (Å²) in [6.07, 6.45) is 1.55. The summed E-state index contributed by atoms with van der Waals surface area (Å²) in [5.41, 5.74) is 3.12. The molecule has 0 unspecified atom stereocenters. The Morgan fingerprint density at radius 1 is 1.00 bits per heavy atom. The van der Waals surface area contributed by atoms with Crippen molar-refractivity contribution >= 4 is 10.0 Å². The number of sulfonamides is 1. The van der Waals surface area contributed by atoms with Gasteiger partial charge in [-0.3, -0.25) is 0 Å². The highest BCUT2D eigenvalue weighted by Crippen LogP contribution is 2.25. The van der Waals surface area contributed by atoms with Crippen LogP contribution in [0.1, 0.15) is 29.4 Å². The zero-order valence-electron chi connectivity index (χ0n) is 16.4. The summed E-state index contributed by atoms with van der Waals surface area (Å²) in [7, 11) is -3.72. The van der Waals surface area contributed by atoms with E-state index in [0.717, 1.165) is 16.7 Å². The van der Waals surface area contributed by atoms with E-state index in [0.29, 0.717) is 18.1 Å². The largest absolute Gasteiger partial charge is 0.494 e. The van der Waals surface area contributed by atoms with Crippen LogP contribution in [-0.2, 0) is 23.1 Å². The molecule has 0 atom stereocenters. The van der Waals surface area contributed by atoms with Crippen molar-refractivity contribution in [2.75, 3.05) is 6.61 Å². The van der Waals surface area contributed by atoms with Gasteiger partial charge in [0.25, 0.3) is 0 Å². The van der Waals surface area contributed by atoms with Gasteiger partial charge in [-0.1, -0.05) is 23.8 Å². The number of furan rings is 1. The number of hydrogen-bond acceptors (Lipinski definition) is 4. The molecule has 0 saturated carbocycles. The molecule has 0 aliphatic heterocycles. The third kappa shape index (κ3) is 4.64. The molecular formula is C22H25NO4S. The van der Waals surface area contributed by atoms with E-state index < -0.39 is 10.0 Å². The van der Waals surface area contributed by atoms with Crippen LogP contribution in [0.4, 0.5) is 0 Å². The highest BCUT2D eigenvalue weighted by Gasteiger charge is 2.26. The van der Waals surface area contributed by atoms with E-state index in [1.165, 1.54) is 4.31 Å². The van der Waals surface area contributed by atoms with Crippen molar-refractivity contribution in [3.63, 3.8) is 0 Å². The fraction of sp³-hybridized carbons (Fsp3) is 0.273. The minimum Gasteiger partial charge on any atom is -0.494 e. The van der Waals surface area contributed by atoms with E-state index in [1.807, 2.05) is 39.0 Å². The van der Waals surface area contributed by atoms with Crippen molar-refractivity contribution in [3.8, 4) is 5.75 Å². The summed E-state index contributed by atoms with van der Waals surface area (Å²) < 4.78 is 39.0. The van der Waals surface area contributed by atoms with Gasteiger partial charge in [0.15, 0.2) is 0 Å². The Kier molecular flexibility index (Phi) is 6.21. The second kappa shape index (κ2) is 8.63. The number of benzene rings is 2. The van der Waals surface area contributed by atoms with Crippen LogP contribution in [0.25, 0.3) is 0 Å². The molecule has 3 rings (SSSR count). The Hall–Kier alpha value is -2.57. The molecule has 0 amide bonds. The second-order valence-corrected chi connectivity index (χ2v) is 8.62. The van der Waals surface area contributed by atoms with E-state index in [4.69, 9.17) is 9.15 Å². The quantitative estimate of drug-likeness (QED) is 0.551. The first-order chi connectivity index (χ1) is 13.4. The minimum atomic E-state index is -3.72. The van der Waals surface area contributed by atoms with E-state index >= 15 is 0 Å². The van der Waals surface area contributed by atoms with Crippen LogP contribution in [0.3, 0.4) is 0 Å². The lowest BCUT2D eigenvalue weighted by atomic mass is 10.1. The Bertz CT molecular complexity index is 1010. The molecule has 0 spiro atoms. The van der Waals surface area contributed by atoms with Crippen LogP contribution in [0, 0.1) is 13.8 Å². The average Bonchev–Trinajstić information content (AvgIpc) is 3.18. The molecule has 0 aliphatic rings. The lowest BCUT2D eigenvalue weighted by molar-refractivity contribution is 0.339. The average molecular weight is 400 g/mol. The molecular weight excluding hydrogens is 374 g/mol. The van der Waals surface area contributed by atoms with Gasteiger partial charge in [0, 0.05) is 6.54 Å². The number of nitrogens with zero attached hydrogens (tertiary/aromatic N) is 1. The van der Waals surface area contributed by atoms with Gasteiger partial charge in [0.2, 0.25) is 10.0 Å². The van der Waals surface area contributed by atoms with E-state index in [9.17, 15) is 8.42 Å². The van der Waals surface area contributed by atoms with Crippen molar-refractivity contribution in [1.82, 2.24) is 4.31 Å². The van der Waals surface area contributed by atoms with Crippen molar-refractivity contribution in [2.24, 2.45) is 0 Å². The van der Waals surface area contributed by atoms with Gasteiger partial charge in [-0.25, -0.2) is 8.42 Å². The van der Waals surface area contributed by atoms with Gasteiger partial charge in [0.1, 0.15) is 11.5 Å². The van der Waals surface area contributed by atoms with Gasteiger partial charge in [-0.05, 0) is 68.3 Å². The van der Waals surface area contributed by atoms with Crippen LogP contribution in [0.2, 0.25) is 0 Å². The van der Waals surface area contributed by atoms with Crippen molar-refractivity contribution in [1.29, 1.82) is 0 Å². The zero-order valence-corrected chi connectivity index (χ0v) is 17.2. The normalized spacial score (nSPS) is 11.7. The third-order valence-electron chi connectivity index (χ3n) is 4.54. The lowest BCUT2D eigenvalue weighted by Crippen LogP contribution is -2.30. The standard InChI is InChI=1S/C22H25NO4S/c1-4-26-20-9-11-22(12-10-20)28(24,25)23(16-21-6-5-13-27-21)15-19-14-17(2)7-8-18(19)3/h5-14H,4,15-16H2,1-3H3. The maximum atomic E-state index is 13.4. The molecule has 3 aromatic rings. The van der Waals surface area contributed by atoms with E-state index in [1.54, 1.807) is 42.7 Å². The first kappa shape index (κ1) is 20.2. The lowest BCUT2D eigenvalue weighted by Gasteiger charge is -2.23. The summed E-state index contributed by atoms with van der Waals surface area (Å²) in [6.45, 7) is 6.84. The fourth-order valence-electron chi connectivity index (χ4n) is 2.99. The number of aryl methyl sites for hydroxylation is 2. The molecule has 0 radical (unpaired) electrons. The van der Waals surface area contributed by atoms with E-state index in [-0.39, 0.29) is 18.0 Å². The van der Waals surface area contributed by atoms with Crippen molar-refractivity contribution in [3.05, 3.63) is 83.3 Å². The maximum absolute atomic E-state index is 13.4. The number of hydrogen-bond donors (Lipinski definition) is 0. The second-order valence-electron chi connectivity index (χ2n) is 6.69. The molecule has 2 aromatic carbocycles. The zero-order chi connectivity index (χ0) is 20.1. The molecule has 5 nitrogen and oxygen atoms in total. The SMILES string of the molecule is CCOc1ccc(S(=O)(=O)N(Cc2ccco2)Cc2cc(C)ccc2C)cc1. The van der Waals surface area contributed by atoms with E-state index in [2.05, 4.69) is 0 Å². The smallest absolute Gasteiger partial charge is 0.243 e. The van der Waals surface area contributed by atoms with Crippen LogP contribution < -0.4 is 4.74 Å². The first-order valence-corrected chi connectivity index (χ1v) is 10.7. The fourth-order valence-corrected chi connectivity index (χ4v) is 4.37. The first-order valence-electron chi connectivity index (χ1n) is 9.21. The molecule has 0 bridgehead atoms. The summed E-state index contributed by atoms with van der Waals surface area (Å²) in [5.74, 6) is 1.24. The van der Waals surface area contributed by atoms with Crippen LogP contribution >= 0.6 is 0 Å². The van der Waals surface area contributed by atoms with Crippen LogP contribution in [-0.4, -0.2) is 19.3 Å². The summed E-state index contributed by atoms with van der Waals surface area (Å²) in [5, 5.41) is 0. The van der Waals surface area contributed by atoms with Gasteiger partial charge in [-0.2, -0.15) is 4.31 Å². The molecule has 0 aliphatic carbocycles. The summed E-state index contributed by atoms with van der Waals surface area (Å²) >= 11 is 0. The Labute approximate surface area is 166 Å². The van der Waals surface area contributed by atoms with Crippen molar-refractivity contribution < 1.29 is 17.6 Å². The Balaban J connectivity index is 1.95. The summed E-state index contributed by atoms with van der Waals surface area (Å²) in [6, 6.07) is 16.1. The highest BCUT2D eigenvalue weighted by molar-refractivity contribution is 7.89. The maximum Gasteiger partial charge on any atom is 0.243 e. The topological polar surface area (TPSA) is 59.8 Å². The molecule has 1 aromatic heterocycles. The molecule has 28 heavy (non-hydrogen) atoms. The monoisotopic (exact) mass is 399 g/mol. The molecule has 1 heterocycles. The van der Waals surface area contributed by atoms with Crippen LogP contribution in [0.5, 0.6) is 5.75 Å². The number of rotatable bonds is 8. The van der Waals surface area contributed by atoms with Gasteiger partial charge < -0.3 is 9.15 Å². The van der Waals surface area contributed by atoms with Crippen molar-refractivity contribution in [2.45, 2.75) is 38.8 Å². The summed E-state index contributed by atoms with van der Waals surface area (Å²) in [4.78, 5) is 0.229. The predicted molar refractivity (Wildman–Crippen MR) is 109 cm³/mol. The molecule has 0 fully saturated rings. The Morgan fingerprint density at radius 3 is 2.39 bits per heavy atom. The van der Waals surface area contributed by atoms with Crippen LogP contribution in [0.15, 0.2) is 70.2 Å². The van der Waals surface area contributed by atoms with Gasteiger partial charge in [-0.15, -0.1) is 0 Å². The predicted octanol–water partition coefficient (Wildman–Crippen LogP) is 4.69. The third-order valence-corrected chi connectivity index (χ3v) is 6.34.